The predicted octanol–water partition coefficient (Wildman–Crippen LogP) is 0.469. The summed E-state index contributed by atoms with van der Waals surface area (Å²) in [6, 6.07) is 0.00606. The normalized spacial score (nSPS) is 13.1. The van der Waals surface area contributed by atoms with Gasteiger partial charge < -0.3 is 4.74 Å². The number of nitrogens with zero attached hydrogens (tertiary/aromatic N) is 2. The van der Waals surface area contributed by atoms with E-state index in [4.69, 9.17) is 10.6 Å². The maximum absolute atomic E-state index is 5.37. The molecule has 1 atom stereocenters. The fourth-order valence-corrected chi connectivity index (χ4v) is 1.43. The first-order valence-electron chi connectivity index (χ1n) is 4.19. The molecule has 1 aromatic heterocycles. The van der Waals surface area contributed by atoms with Crippen LogP contribution in [0.2, 0.25) is 0 Å². The minimum Gasteiger partial charge on any atom is -0.379 e. The summed E-state index contributed by atoms with van der Waals surface area (Å²) >= 11 is 1.33. The molecule has 0 amide bonds. The van der Waals surface area contributed by atoms with Gasteiger partial charge in [-0.15, -0.1) is 5.10 Å². The summed E-state index contributed by atoms with van der Waals surface area (Å²) in [6.07, 6.45) is 2.71. The van der Waals surface area contributed by atoms with Crippen LogP contribution in [0.25, 0.3) is 0 Å². The molecule has 0 radical (unpaired) electrons. The molecule has 6 heteroatoms. The van der Waals surface area contributed by atoms with E-state index in [1.165, 1.54) is 11.5 Å². The lowest BCUT2D eigenvalue weighted by atomic mass is 10.3. The van der Waals surface area contributed by atoms with E-state index in [1.807, 2.05) is 0 Å². The lowest BCUT2D eigenvalue weighted by Crippen LogP contribution is -2.30. The Morgan fingerprint density at radius 2 is 2.62 bits per heavy atom. The third kappa shape index (κ3) is 3.35. The number of hydrazine groups is 1. The molecule has 0 aromatic carbocycles. The SMILES string of the molecule is CCCOCC(NN)c1cnns1. The molecule has 0 spiro atoms. The number of rotatable bonds is 6. The van der Waals surface area contributed by atoms with Gasteiger partial charge in [-0.05, 0) is 18.0 Å². The largest absolute Gasteiger partial charge is 0.379 e. The number of aromatic nitrogens is 2. The minimum atomic E-state index is 0.00606. The third-order valence-corrected chi connectivity index (χ3v) is 2.33. The lowest BCUT2D eigenvalue weighted by molar-refractivity contribution is 0.113. The van der Waals surface area contributed by atoms with E-state index in [1.54, 1.807) is 6.20 Å². The molecule has 0 aliphatic carbocycles. The zero-order valence-electron chi connectivity index (χ0n) is 7.56. The Morgan fingerprint density at radius 1 is 1.77 bits per heavy atom. The molecule has 5 nitrogen and oxygen atoms in total. The van der Waals surface area contributed by atoms with Crippen LogP contribution in [0.4, 0.5) is 0 Å². The number of ether oxygens (including phenoxy) is 1. The Kier molecular flexibility index (Phi) is 4.84. The first kappa shape index (κ1) is 10.5. The van der Waals surface area contributed by atoms with Gasteiger partial charge in [0.05, 0.1) is 23.7 Å². The molecule has 1 heterocycles. The summed E-state index contributed by atoms with van der Waals surface area (Å²) in [5.74, 6) is 5.37. The molecule has 13 heavy (non-hydrogen) atoms. The van der Waals surface area contributed by atoms with Gasteiger partial charge in [0.15, 0.2) is 0 Å². The van der Waals surface area contributed by atoms with Gasteiger partial charge in [-0.3, -0.25) is 5.84 Å². The van der Waals surface area contributed by atoms with E-state index in [9.17, 15) is 0 Å². The average Bonchev–Trinajstić information content (AvgIpc) is 2.65. The zero-order valence-corrected chi connectivity index (χ0v) is 8.38. The first-order chi connectivity index (χ1) is 6.38. The minimum absolute atomic E-state index is 0.00606. The molecule has 0 bridgehead atoms. The van der Waals surface area contributed by atoms with Crippen molar-refractivity contribution in [2.45, 2.75) is 19.4 Å². The molecule has 3 N–H and O–H groups in total. The summed E-state index contributed by atoms with van der Waals surface area (Å²) in [6.45, 7) is 3.39. The summed E-state index contributed by atoms with van der Waals surface area (Å²) in [7, 11) is 0. The van der Waals surface area contributed by atoms with E-state index < -0.39 is 0 Å². The Hall–Kier alpha value is -0.560. The van der Waals surface area contributed by atoms with Crippen LogP contribution in [-0.2, 0) is 4.74 Å². The maximum Gasteiger partial charge on any atom is 0.0818 e. The highest BCUT2D eigenvalue weighted by Crippen LogP contribution is 2.14. The van der Waals surface area contributed by atoms with Gasteiger partial charge in [-0.25, -0.2) is 5.43 Å². The molecule has 0 saturated heterocycles. The number of hydrogen-bond donors (Lipinski definition) is 2. The Balaban J connectivity index is 2.35. The van der Waals surface area contributed by atoms with Crippen LogP contribution in [0.3, 0.4) is 0 Å². The van der Waals surface area contributed by atoms with Crippen LogP contribution in [0.15, 0.2) is 6.20 Å². The molecular weight excluding hydrogens is 188 g/mol. The zero-order chi connectivity index (χ0) is 9.52. The topological polar surface area (TPSA) is 73.1 Å². The van der Waals surface area contributed by atoms with Crippen LogP contribution in [-0.4, -0.2) is 22.8 Å². The van der Waals surface area contributed by atoms with Gasteiger partial charge >= 0.3 is 0 Å². The average molecular weight is 202 g/mol. The van der Waals surface area contributed by atoms with Gasteiger partial charge in [-0.2, -0.15) is 0 Å². The molecule has 0 fully saturated rings. The predicted molar refractivity (Wildman–Crippen MR) is 51.1 cm³/mol. The monoisotopic (exact) mass is 202 g/mol. The van der Waals surface area contributed by atoms with Crippen molar-refractivity contribution >= 4 is 11.5 Å². The lowest BCUT2D eigenvalue weighted by Gasteiger charge is -2.12. The van der Waals surface area contributed by atoms with Gasteiger partial charge in [0.2, 0.25) is 0 Å². The van der Waals surface area contributed by atoms with Crippen LogP contribution >= 0.6 is 11.5 Å². The van der Waals surface area contributed by atoms with E-state index in [-0.39, 0.29) is 6.04 Å². The van der Waals surface area contributed by atoms with Crippen LogP contribution in [0.1, 0.15) is 24.3 Å². The first-order valence-corrected chi connectivity index (χ1v) is 4.97. The van der Waals surface area contributed by atoms with E-state index in [0.29, 0.717) is 6.61 Å². The van der Waals surface area contributed by atoms with E-state index in [2.05, 4.69) is 21.9 Å². The van der Waals surface area contributed by atoms with Crippen molar-refractivity contribution in [2.75, 3.05) is 13.2 Å². The van der Waals surface area contributed by atoms with Gasteiger partial charge in [-0.1, -0.05) is 11.4 Å². The fraction of sp³-hybridized carbons (Fsp3) is 0.714. The maximum atomic E-state index is 5.37. The van der Waals surface area contributed by atoms with Crippen LogP contribution < -0.4 is 11.3 Å². The number of nitrogens with one attached hydrogen (secondary N) is 1. The second-order valence-electron chi connectivity index (χ2n) is 2.61. The smallest absolute Gasteiger partial charge is 0.0818 e. The quantitative estimate of drug-likeness (QED) is 0.398. The van der Waals surface area contributed by atoms with Crippen molar-refractivity contribution < 1.29 is 4.74 Å². The van der Waals surface area contributed by atoms with Gasteiger partial charge in [0.25, 0.3) is 0 Å². The van der Waals surface area contributed by atoms with Crippen molar-refractivity contribution in [3.8, 4) is 0 Å². The highest BCUT2D eigenvalue weighted by atomic mass is 32.1. The van der Waals surface area contributed by atoms with Crippen molar-refractivity contribution in [1.29, 1.82) is 0 Å². The molecule has 0 saturated carbocycles. The van der Waals surface area contributed by atoms with E-state index in [0.717, 1.165) is 17.9 Å². The van der Waals surface area contributed by atoms with Crippen molar-refractivity contribution in [2.24, 2.45) is 5.84 Å². The fourth-order valence-electron chi connectivity index (χ4n) is 0.886. The van der Waals surface area contributed by atoms with Gasteiger partial charge in [0.1, 0.15) is 0 Å². The summed E-state index contributed by atoms with van der Waals surface area (Å²) in [5, 5.41) is 3.74. The molecule has 74 valence electrons. The second kappa shape index (κ2) is 5.98. The Bertz CT molecular complexity index is 216. The highest BCUT2D eigenvalue weighted by molar-refractivity contribution is 7.05. The molecule has 0 aliphatic heterocycles. The number of hydrogen-bond acceptors (Lipinski definition) is 6. The highest BCUT2D eigenvalue weighted by Gasteiger charge is 2.11. The third-order valence-electron chi connectivity index (χ3n) is 1.56. The van der Waals surface area contributed by atoms with E-state index >= 15 is 0 Å². The van der Waals surface area contributed by atoms with Crippen molar-refractivity contribution in [1.82, 2.24) is 15.0 Å². The van der Waals surface area contributed by atoms with Crippen molar-refractivity contribution in [3.63, 3.8) is 0 Å². The van der Waals surface area contributed by atoms with Crippen LogP contribution in [0, 0.1) is 0 Å². The Labute approximate surface area is 81.4 Å². The standard InChI is InChI=1S/C7H14N4OS/c1-2-3-12-5-6(10-8)7-4-9-11-13-7/h4,6,10H,2-3,5,8H2,1H3. The summed E-state index contributed by atoms with van der Waals surface area (Å²) in [5.41, 5.74) is 2.67. The molecule has 0 aliphatic rings. The Morgan fingerprint density at radius 3 is 3.15 bits per heavy atom. The van der Waals surface area contributed by atoms with Crippen molar-refractivity contribution in [3.05, 3.63) is 11.1 Å². The number of nitrogens with two attached hydrogens (primary N) is 1. The molecule has 1 aromatic rings. The van der Waals surface area contributed by atoms with Crippen LogP contribution in [0.5, 0.6) is 0 Å². The molecule has 1 unspecified atom stereocenters. The molecular formula is C7H14N4OS. The molecule has 1 rings (SSSR count). The second-order valence-corrected chi connectivity index (χ2v) is 3.43. The van der Waals surface area contributed by atoms with Gasteiger partial charge in [0, 0.05) is 6.61 Å². The summed E-state index contributed by atoms with van der Waals surface area (Å²) in [4.78, 5) is 0.999. The summed E-state index contributed by atoms with van der Waals surface area (Å²) < 4.78 is 9.13.